The number of aryl methyl sites for hydroxylation is 1. The average molecular weight is 486 g/mol. The highest BCUT2D eigenvalue weighted by Crippen LogP contribution is 2.25. The molecule has 1 aromatic heterocycles. The molecule has 33 heavy (non-hydrogen) atoms. The van der Waals surface area contributed by atoms with Gasteiger partial charge in [0.1, 0.15) is 0 Å². The lowest BCUT2D eigenvalue weighted by Gasteiger charge is -2.13. The molecule has 3 N–H and O–H groups in total. The Hall–Kier alpha value is -3.16. The number of hydrogen-bond acceptors (Lipinski definition) is 5. The smallest absolute Gasteiger partial charge is 0.251 e. The fourth-order valence-electron chi connectivity index (χ4n) is 3.44. The van der Waals surface area contributed by atoms with Crippen LogP contribution in [0.5, 0.6) is 0 Å². The van der Waals surface area contributed by atoms with Crippen LogP contribution in [-0.2, 0) is 13.1 Å². The van der Waals surface area contributed by atoms with Crippen LogP contribution in [-0.4, -0.2) is 29.9 Å². The Kier molecular flexibility index (Phi) is 7.11. The summed E-state index contributed by atoms with van der Waals surface area (Å²) >= 11 is 12.0. The van der Waals surface area contributed by atoms with Crippen molar-refractivity contribution in [3.63, 3.8) is 0 Å². The first-order valence-corrected chi connectivity index (χ1v) is 11.2. The van der Waals surface area contributed by atoms with Crippen LogP contribution in [0.4, 0.5) is 4.39 Å². The summed E-state index contributed by atoms with van der Waals surface area (Å²) in [6, 6.07) is 12.5. The van der Waals surface area contributed by atoms with E-state index < -0.39 is 5.95 Å². The van der Waals surface area contributed by atoms with Gasteiger partial charge in [0, 0.05) is 42.5 Å². The minimum Gasteiger partial charge on any atom is -0.355 e. The fourth-order valence-corrected chi connectivity index (χ4v) is 3.76. The van der Waals surface area contributed by atoms with Crippen molar-refractivity contribution in [1.82, 2.24) is 20.9 Å². The number of hydrogen-bond donors (Lipinski definition) is 3. The highest BCUT2D eigenvalue weighted by atomic mass is 35.5. The molecule has 0 atom stereocenters. The van der Waals surface area contributed by atoms with Crippen molar-refractivity contribution in [2.24, 2.45) is 4.99 Å². The standard InChI is InChI=1S/C24H22Cl2FN5O/c1-14-6-19(13-30-22(14)27)17-7-16(12-32-24-28-4-5-29-24)8-18(10-17)23(33)31-11-15-2-3-20(25)21(26)9-15/h2-3,6-10,13H,4-5,11-12H2,1H3,(H,31,33)(H2,28,29,32). The summed E-state index contributed by atoms with van der Waals surface area (Å²) in [5, 5.41) is 10.2. The third kappa shape index (κ3) is 5.80. The van der Waals surface area contributed by atoms with Crippen LogP contribution >= 0.6 is 23.2 Å². The van der Waals surface area contributed by atoms with Crippen molar-refractivity contribution in [2.75, 3.05) is 13.1 Å². The second-order valence-corrected chi connectivity index (χ2v) is 8.51. The molecule has 0 fully saturated rings. The molecule has 4 rings (SSSR count). The third-order valence-corrected chi connectivity index (χ3v) is 5.91. The van der Waals surface area contributed by atoms with Crippen LogP contribution in [0.25, 0.3) is 11.1 Å². The zero-order valence-corrected chi connectivity index (χ0v) is 19.4. The molecule has 0 bridgehead atoms. The zero-order chi connectivity index (χ0) is 23.4. The minimum atomic E-state index is -0.513. The van der Waals surface area contributed by atoms with E-state index in [1.807, 2.05) is 18.2 Å². The Morgan fingerprint density at radius 3 is 2.64 bits per heavy atom. The van der Waals surface area contributed by atoms with Crippen LogP contribution in [0.3, 0.4) is 0 Å². The number of benzene rings is 2. The first-order valence-electron chi connectivity index (χ1n) is 10.4. The number of carbonyl (C=O) groups excluding carboxylic acids is 1. The Morgan fingerprint density at radius 2 is 1.91 bits per heavy atom. The van der Waals surface area contributed by atoms with Crippen molar-refractivity contribution in [3.05, 3.63) is 86.9 Å². The summed E-state index contributed by atoms with van der Waals surface area (Å²) in [7, 11) is 0. The lowest BCUT2D eigenvalue weighted by molar-refractivity contribution is 0.0951. The molecule has 0 saturated heterocycles. The number of nitrogens with zero attached hydrogens (tertiary/aromatic N) is 2. The van der Waals surface area contributed by atoms with Crippen LogP contribution in [0.1, 0.15) is 27.0 Å². The van der Waals surface area contributed by atoms with Crippen molar-refractivity contribution >= 4 is 35.1 Å². The number of halogens is 3. The monoisotopic (exact) mass is 485 g/mol. The summed E-state index contributed by atoms with van der Waals surface area (Å²) < 4.78 is 13.7. The average Bonchev–Trinajstić information content (AvgIpc) is 3.33. The molecule has 0 radical (unpaired) electrons. The molecule has 0 unspecified atom stereocenters. The van der Waals surface area contributed by atoms with Gasteiger partial charge >= 0.3 is 0 Å². The molecule has 6 nitrogen and oxygen atoms in total. The number of aliphatic imine (C=N–C) groups is 1. The van der Waals surface area contributed by atoms with Gasteiger partial charge in [0.15, 0.2) is 5.96 Å². The second kappa shape index (κ2) is 10.2. The fraction of sp³-hybridized carbons (Fsp3) is 0.208. The van der Waals surface area contributed by atoms with E-state index in [9.17, 15) is 9.18 Å². The maximum absolute atomic E-state index is 13.7. The largest absolute Gasteiger partial charge is 0.355 e. The van der Waals surface area contributed by atoms with Gasteiger partial charge in [-0.05, 0) is 60.0 Å². The molecule has 2 heterocycles. The van der Waals surface area contributed by atoms with Crippen molar-refractivity contribution in [2.45, 2.75) is 20.0 Å². The highest BCUT2D eigenvalue weighted by Gasteiger charge is 2.13. The number of guanidine groups is 1. The Balaban J connectivity index is 1.58. The molecule has 9 heteroatoms. The summed E-state index contributed by atoms with van der Waals surface area (Å²) in [6.07, 6.45) is 1.47. The van der Waals surface area contributed by atoms with Crippen molar-refractivity contribution < 1.29 is 9.18 Å². The molecule has 0 aliphatic carbocycles. The first kappa shape index (κ1) is 23.0. The normalized spacial score (nSPS) is 12.8. The first-order chi connectivity index (χ1) is 15.9. The SMILES string of the molecule is Cc1cc(-c2cc(CNC3=NCCN3)cc(C(=O)NCc3ccc(Cl)c(Cl)c3)c2)cnc1F. The molecule has 170 valence electrons. The topological polar surface area (TPSA) is 78.4 Å². The minimum absolute atomic E-state index is 0.243. The predicted octanol–water partition coefficient (Wildman–Crippen LogP) is 4.48. The van der Waals surface area contributed by atoms with Crippen LogP contribution in [0.2, 0.25) is 10.0 Å². The third-order valence-electron chi connectivity index (χ3n) is 5.17. The molecule has 0 spiro atoms. The van der Waals surface area contributed by atoms with E-state index in [1.54, 1.807) is 31.2 Å². The summed E-state index contributed by atoms with van der Waals surface area (Å²) in [5.74, 6) is -0.0286. The van der Waals surface area contributed by atoms with Crippen molar-refractivity contribution in [1.29, 1.82) is 0 Å². The predicted molar refractivity (Wildman–Crippen MR) is 129 cm³/mol. The van der Waals surface area contributed by atoms with E-state index in [2.05, 4.69) is 25.9 Å². The summed E-state index contributed by atoms with van der Waals surface area (Å²) in [6.45, 7) is 3.95. The van der Waals surface area contributed by atoms with E-state index in [4.69, 9.17) is 23.2 Å². The quantitative estimate of drug-likeness (QED) is 0.449. The Morgan fingerprint density at radius 1 is 1.06 bits per heavy atom. The van der Waals surface area contributed by atoms with Gasteiger partial charge in [-0.3, -0.25) is 9.79 Å². The van der Waals surface area contributed by atoms with Gasteiger partial charge in [-0.25, -0.2) is 4.98 Å². The van der Waals surface area contributed by atoms with E-state index in [0.29, 0.717) is 34.3 Å². The van der Waals surface area contributed by atoms with E-state index in [0.717, 1.165) is 41.3 Å². The summed E-state index contributed by atoms with van der Waals surface area (Å²) in [5.41, 5.74) is 4.13. The molecule has 1 aliphatic heterocycles. The van der Waals surface area contributed by atoms with Gasteiger partial charge in [-0.2, -0.15) is 4.39 Å². The number of pyridine rings is 1. The van der Waals surface area contributed by atoms with Crippen LogP contribution < -0.4 is 16.0 Å². The lowest BCUT2D eigenvalue weighted by atomic mass is 9.99. The molecular formula is C24H22Cl2FN5O. The number of nitrogens with one attached hydrogen (secondary N) is 3. The lowest BCUT2D eigenvalue weighted by Crippen LogP contribution is -2.33. The Bertz CT molecular complexity index is 1230. The van der Waals surface area contributed by atoms with Crippen molar-refractivity contribution in [3.8, 4) is 11.1 Å². The molecule has 3 aromatic rings. The number of amides is 1. The molecule has 1 amide bonds. The van der Waals surface area contributed by atoms with E-state index in [-0.39, 0.29) is 5.91 Å². The van der Waals surface area contributed by atoms with Gasteiger partial charge in [0.25, 0.3) is 5.91 Å². The molecule has 1 aliphatic rings. The van der Waals surface area contributed by atoms with Crippen LogP contribution in [0, 0.1) is 12.9 Å². The molecule has 0 saturated carbocycles. The van der Waals surface area contributed by atoms with Gasteiger partial charge in [0.05, 0.1) is 16.6 Å². The highest BCUT2D eigenvalue weighted by molar-refractivity contribution is 6.42. The number of aromatic nitrogens is 1. The zero-order valence-electron chi connectivity index (χ0n) is 17.9. The molecular weight excluding hydrogens is 464 g/mol. The van der Waals surface area contributed by atoms with Gasteiger partial charge < -0.3 is 16.0 Å². The van der Waals surface area contributed by atoms with Crippen LogP contribution in [0.15, 0.2) is 53.7 Å². The Labute approximate surface area is 201 Å². The number of carbonyl (C=O) groups is 1. The van der Waals surface area contributed by atoms with E-state index in [1.165, 1.54) is 6.20 Å². The van der Waals surface area contributed by atoms with Gasteiger partial charge in [-0.1, -0.05) is 29.3 Å². The molecule has 2 aromatic carbocycles. The number of rotatable bonds is 6. The second-order valence-electron chi connectivity index (χ2n) is 7.69. The van der Waals surface area contributed by atoms with Gasteiger partial charge in [0.2, 0.25) is 5.95 Å². The maximum atomic E-state index is 13.7. The summed E-state index contributed by atoms with van der Waals surface area (Å²) in [4.78, 5) is 21.1. The van der Waals surface area contributed by atoms with E-state index >= 15 is 0 Å². The van der Waals surface area contributed by atoms with Gasteiger partial charge in [-0.15, -0.1) is 0 Å². The maximum Gasteiger partial charge on any atom is 0.251 e.